The maximum absolute atomic E-state index is 15.2. The second-order valence-electron chi connectivity index (χ2n) is 16.9. The number of aromatic nitrogens is 4. The first-order chi connectivity index (χ1) is 31.1. The molecule has 5 aromatic rings. The maximum atomic E-state index is 15.2. The number of halogens is 5. The molecule has 0 bridgehead atoms. The number of nitrogens with one attached hydrogen (secondary N) is 3. The van der Waals surface area contributed by atoms with Gasteiger partial charge in [-0.3, -0.25) is 29.8 Å². The predicted molar refractivity (Wildman–Crippen MR) is 246 cm³/mol. The van der Waals surface area contributed by atoms with Crippen molar-refractivity contribution in [3.63, 3.8) is 0 Å². The highest BCUT2D eigenvalue weighted by Gasteiger charge is 2.37. The lowest BCUT2D eigenvalue weighted by atomic mass is 9.88. The number of carbonyl (C=O) groups is 2. The zero-order chi connectivity index (χ0) is 46.2. The highest BCUT2D eigenvalue weighted by atomic mass is 79.9. The van der Waals surface area contributed by atoms with Crippen LogP contribution in [0.4, 0.5) is 46.4 Å². The molecular formula is C45H50BrF4N10O4P. The summed E-state index contributed by atoms with van der Waals surface area (Å²) >= 11 is 3.56. The molecule has 3 saturated heterocycles. The average Bonchev–Trinajstić information content (AvgIpc) is 3.29. The number of methoxy groups -OCH3 is 1. The van der Waals surface area contributed by atoms with Gasteiger partial charge >= 0.3 is 0 Å². The van der Waals surface area contributed by atoms with E-state index in [1.54, 1.807) is 39.0 Å². The molecular weight excluding hydrogens is 931 g/mol. The van der Waals surface area contributed by atoms with E-state index in [9.17, 15) is 14.2 Å². The van der Waals surface area contributed by atoms with Crippen LogP contribution in [0.1, 0.15) is 55.2 Å². The molecule has 1 atom stereocenters. The van der Waals surface area contributed by atoms with E-state index in [1.807, 2.05) is 28.4 Å². The van der Waals surface area contributed by atoms with Crippen molar-refractivity contribution in [2.45, 2.75) is 57.4 Å². The van der Waals surface area contributed by atoms with Crippen molar-refractivity contribution in [1.29, 1.82) is 0 Å². The number of rotatable bonds is 13. The fourth-order valence-electron chi connectivity index (χ4n) is 9.17. The fraction of sp³-hybridized carbons (Fsp3) is 0.422. The number of aryl methyl sites for hydroxylation is 1. The van der Waals surface area contributed by atoms with Crippen LogP contribution in [0.25, 0.3) is 11.0 Å². The summed E-state index contributed by atoms with van der Waals surface area (Å²) in [4.78, 5) is 48.8. The first-order valence-electron chi connectivity index (χ1n) is 21.6. The molecule has 0 radical (unpaired) electrons. The number of nitrogens with zero attached hydrogens (tertiary/aromatic N) is 7. The minimum atomic E-state index is -2.81. The Morgan fingerprint density at radius 1 is 0.892 bits per heavy atom. The lowest BCUT2D eigenvalue weighted by Crippen LogP contribution is -2.53. The van der Waals surface area contributed by atoms with Gasteiger partial charge in [-0.1, -0.05) is 6.92 Å². The molecule has 344 valence electrons. The summed E-state index contributed by atoms with van der Waals surface area (Å²) < 4.78 is 80.7. The number of ether oxygens (including phenoxy) is 1. The van der Waals surface area contributed by atoms with E-state index in [1.165, 1.54) is 0 Å². The fourth-order valence-corrected chi connectivity index (χ4v) is 10.9. The van der Waals surface area contributed by atoms with E-state index in [2.05, 4.69) is 64.3 Å². The molecule has 0 spiro atoms. The normalized spacial score (nSPS) is 18.0. The number of hydrogen-bond donors (Lipinski definition) is 3. The molecule has 0 saturated carbocycles. The zero-order valence-corrected chi connectivity index (χ0v) is 39.0. The molecule has 3 aliphatic heterocycles. The average molecular weight is 982 g/mol. The third-order valence-corrected chi connectivity index (χ3v) is 14.7. The number of piperidine rings is 2. The molecule has 14 nitrogen and oxygen atoms in total. The molecule has 3 aliphatic rings. The van der Waals surface area contributed by atoms with Gasteiger partial charge in [0.15, 0.2) is 23.3 Å². The Hall–Kier alpha value is -5.23. The number of benzene rings is 3. The van der Waals surface area contributed by atoms with E-state index in [4.69, 9.17) is 9.72 Å². The lowest BCUT2D eigenvalue weighted by Gasteiger charge is -2.43. The van der Waals surface area contributed by atoms with Gasteiger partial charge in [-0.05, 0) is 85.1 Å². The van der Waals surface area contributed by atoms with Gasteiger partial charge in [0.2, 0.25) is 17.8 Å². The maximum Gasteiger partial charge on any atom is 0.234 e. The number of amides is 2. The molecule has 3 fully saturated rings. The molecule has 65 heavy (non-hydrogen) atoms. The second-order valence-corrected chi connectivity index (χ2v) is 20.9. The highest BCUT2D eigenvalue weighted by Crippen LogP contribution is 2.42. The smallest absolute Gasteiger partial charge is 0.234 e. The van der Waals surface area contributed by atoms with Crippen LogP contribution in [0.3, 0.4) is 0 Å². The molecule has 2 amide bonds. The summed E-state index contributed by atoms with van der Waals surface area (Å²) in [5, 5.41) is 9.26. The van der Waals surface area contributed by atoms with Crippen LogP contribution in [-0.2, 0) is 27.0 Å². The molecule has 1 unspecified atom stereocenters. The third-order valence-electron chi connectivity index (χ3n) is 12.6. The van der Waals surface area contributed by atoms with Crippen LogP contribution >= 0.6 is 23.1 Å². The third kappa shape index (κ3) is 9.70. The Labute approximate surface area is 382 Å². The topological polar surface area (TPSA) is 158 Å². The van der Waals surface area contributed by atoms with Crippen LogP contribution in [-0.4, -0.2) is 114 Å². The summed E-state index contributed by atoms with van der Waals surface area (Å²) in [6.45, 7) is 10.1. The molecule has 3 N–H and O–H groups in total. The Bertz CT molecular complexity index is 2670. The van der Waals surface area contributed by atoms with Crippen molar-refractivity contribution in [3.8, 4) is 5.75 Å². The quantitative estimate of drug-likeness (QED) is 0.0465. The monoisotopic (exact) mass is 980 g/mol. The van der Waals surface area contributed by atoms with Gasteiger partial charge in [-0.25, -0.2) is 22.5 Å². The van der Waals surface area contributed by atoms with Crippen molar-refractivity contribution in [1.82, 2.24) is 35.1 Å². The van der Waals surface area contributed by atoms with Gasteiger partial charge in [0.25, 0.3) is 0 Å². The van der Waals surface area contributed by atoms with Crippen molar-refractivity contribution < 1.29 is 36.5 Å². The predicted octanol–water partition coefficient (Wildman–Crippen LogP) is 7.39. The Morgan fingerprint density at radius 3 is 2.26 bits per heavy atom. The number of carbonyl (C=O) groups excluding carboxylic acids is 2. The van der Waals surface area contributed by atoms with Crippen molar-refractivity contribution in [2.24, 2.45) is 0 Å². The van der Waals surface area contributed by atoms with Crippen LogP contribution in [0.15, 0.2) is 47.3 Å². The zero-order valence-electron chi connectivity index (χ0n) is 36.5. The van der Waals surface area contributed by atoms with E-state index in [0.29, 0.717) is 68.8 Å². The van der Waals surface area contributed by atoms with Crippen LogP contribution in [0.2, 0.25) is 0 Å². The van der Waals surface area contributed by atoms with Crippen LogP contribution < -0.4 is 30.9 Å². The van der Waals surface area contributed by atoms with Gasteiger partial charge in [0.1, 0.15) is 24.2 Å². The number of anilines is 5. The van der Waals surface area contributed by atoms with Crippen molar-refractivity contribution in [2.75, 3.05) is 81.8 Å². The Kier molecular flexibility index (Phi) is 13.8. The van der Waals surface area contributed by atoms with E-state index in [0.717, 1.165) is 56.7 Å². The van der Waals surface area contributed by atoms with Crippen molar-refractivity contribution in [3.05, 3.63) is 87.3 Å². The summed E-state index contributed by atoms with van der Waals surface area (Å²) in [5.74, 6) is -7.82. The number of imide groups is 1. The minimum Gasteiger partial charge on any atom is -0.494 e. The van der Waals surface area contributed by atoms with Crippen LogP contribution in [0, 0.1) is 23.3 Å². The van der Waals surface area contributed by atoms with Crippen LogP contribution in [0.5, 0.6) is 5.75 Å². The molecule has 5 heterocycles. The standard InChI is InChI=1S/C45H50BrF4N10O4P/c1-5-25-22-32(55-45-53-24-29(46)43(57-45)54-31-8-7-30-41(52-14-13-51-30)42(31)65(3,4)63)34(64-2)23-33(25)60-16-10-26(11-17-60)59-20-18-58(19-21-59)15-12-28-37(47)39(49)36(40(50)38(28)48)27-6-9-35(61)56-44(27)62/h7-8,13-14,22-24,26-27H,5-6,9-12,15-21H2,1-4H3,(H,56,61,62)(H2,53,54,55,57). The SMILES string of the molecule is CCc1cc(Nc2ncc(Br)c(Nc3ccc4nccnc4c3P(C)(C)=O)n2)c(OC)cc1N1CCC(N2CCN(CCc3c(F)c(F)c(C4CCC(=O)NC4=O)c(F)c3F)CC2)CC1. The molecule has 8 rings (SSSR count). The van der Waals surface area contributed by atoms with Gasteiger partial charge in [-0.2, -0.15) is 4.98 Å². The molecule has 20 heteroatoms. The second kappa shape index (κ2) is 19.3. The van der Waals surface area contributed by atoms with E-state index in [-0.39, 0.29) is 25.8 Å². The number of piperazine rings is 1. The summed E-state index contributed by atoms with van der Waals surface area (Å²) in [7, 11) is -1.18. The van der Waals surface area contributed by atoms with E-state index >= 15 is 17.6 Å². The van der Waals surface area contributed by atoms with Gasteiger partial charge in [0, 0.05) is 99.7 Å². The van der Waals surface area contributed by atoms with Crippen molar-refractivity contribution >= 4 is 80.1 Å². The lowest BCUT2D eigenvalue weighted by molar-refractivity contribution is -0.134. The van der Waals surface area contributed by atoms with Gasteiger partial charge in [-0.15, -0.1) is 0 Å². The first-order valence-corrected chi connectivity index (χ1v) is 25.0. The largest absolute Gasteiger partial charge is 0.494 e. The molecule has 3 aromatic carbocycles. The number of hydrogen-bond acceptors (Lipinski definition) is 13. The summed E-state index contributed by atoms with van der Waals surface area (Å²) in [6, 6.07) is 8.11. The minimum absolute atomic E-state index is 0.183. The van der Waals surface area contributed by atoms with Gasteiger partial charge < -0.3 is 29.7 Å². The van der Waals surface area contributed by atoms with Gasteiger partial charge in [0.05, 0.1) is 39.7 Å². The molecule has 2 aromatic heterocycles. The summed E-state index contributed by atoms with van der Waals surface area (Å²) in [5.41, 5.74) is 3.08. The highest BCUT2D eigenvalue weighted by molar-refractivity contribution is 9.10. The first kappa shape index (κ1) is 46.3. The Morgan fingerprint density at radius 2 is 1.60 bits per heavy atom. The van der Waals surface area contributed by atoms with E-state index < -0.39 is 59.3 Å². The molecule has 0 aliphatic carbocycles. The summed E-state index contributed by atoms with van der Waals surface area (Å²) in [6.07, 6.45) is 6.80. The number of fused-ring (bicyclic) bond motifs is 1. The Balaban J connectivity index is 0.880.